The van der Waals surface area contributed by atoms with Gasteiger partial charge in [-0.1, -0.05) is 0 Å². The first-order valence-corrected chi connectivity index (χ1v) is 7.09. The van der Waals surface area contributed by atoms with Crippen molar-refractivity contribution in [3.05, 3.63) is 0 Å². The molecule has 0 aliphatic carbocycles. The maximum atomic E-state index is 12.2. The van der Waals surface area contributed by atoms with Gasteiger partial charge in [0.25, 0.3) is 0 Å². The number of thioether (sulfide) groups is 1. The lowest BCUT2D eigenvalue weighted by Gasteiger charge is -2.23. The van der Waals surface area contributed by atoms with E-state index in [0.717, 1.165) is 30.9 Å². The molecule has 0 radical (unpaired) electrons. The molecule has 16 heavy (non-hydrogen) atoms. The summed E-state index contributed by atoms with van der Waals surface area (Å²) in [5, 5.41) is 0. The standard InChI is InChI=1S/C11H17NO3S/c13-10(9-1-6-16-7-9)12-3-2-11(8-12)14-4-5-15-11/h9H,1-8H2. The van der Waals surface area contributed by atoms with E-state index in [-0.39, 0.29) is 5.92 Å². The third-order valence-corrected chi connectivity index (χ3v) is 4.76. The molecule has 1 atom stereocenters. The molecule has 5 heteroatoms. The normalized spacial score (nSPS) is 32.8. The summed E-state index contributed by atoms with van der Waals surface area (Å²) in [7, 11) is 0. The van der Waals surface area contributed by atoms with Gasteiger partial charge in [0, 0.05) is 24.6 Å². The van der Waals surface area contributed by atoms with Crippen molar-refractivity contribution in [1.82, 2.24) is 4.90 Å². The smallest absolute Gasteiger partial charge is 0.226 e. The number of ether oxygens (including phenoxy) is 2. The molecule has 3 saturated heterocycles. The van der Waals surface area contributed by atoms with Gasteiger partial charge in [-0.2, -0.15) is 11.8 Å². The third-order valence-electron chi connectivity index (χ3n) is 3.60. The van der Waals surface area contributed by atoms with Gasteiger partial charge in [-0.25, -0.2) is 0 Å². The van der Waals surface area contributed by atoms with Crippen LogP contribution in [0.25, 0.3) is 0 Å². The fraction of sp³-hybridized carbons (Fsp3) is 0.909. The quantitative estimate of drug-likeness (QED) is 0.680. The number of amides is 1. The highest BCUT2D eigenvalue weighted by Gasteiger charge is 2.45. The molecule has 0 aromatic carbocycles. The minimum atomic E-state index is -0.457. The average Bonchev–Trinajstić information content (AvgIpc) is 3.01. The number of carbonyl (C=O) groups excluding carboxylic acids is 1. The van der Waals surface area contributed by atoms with Crippen LogP contribution in [0.1, 0.15) is 12.8 Å². The van der Waals surface area contributed by atoms with Gasteiger partial charge in [0.2, 0.25) is 5.91 Å². The summed E-state index contributed by atoms with van der Waals surface area (Å²) in [6.45, 7) is 2.76. The Hall–Kier alpha value is -0.260. The zero-order valence-corrected chi connectivity index (χ0v) is 10.1. The second-order valence-electron chi connectivity index (χ2n) is 4.68. The van der Waals surface area contributed by atoms with Crippen LogP contribution in [0.15, 0.2) is 0 Å². The van der Waals surface area contributed by atoms with E-state index in [1.807, 2.05) is 16.7 Å². The van der Waals surface area contributed by atoms with E-state index in [0.29, 0.717) is 25.7 Å². The van der Waals surface area contributed by atoms with Gasteiger partial charge < -0.3 is 14.4 Å². The van der Waals surface area contributed by atoms with Gasteiger partial charge in [-0.3, -0.25) is 4.79 Å². The van der Waals surface area contributed by atoms with Crippen LogP contribution in [-0.4, -0.2) is 54.4 Å². The van der Waals surface area contributed by atoms with Gasteiger partial charge in [-0.15, -0.1) is 0 Å². The molecule has 3 aliphatic heterocycles. The van der Waals surface area contributed by atoms with E-state index in [1.54, 1.807) is 0 Å². The summed E-state index contributed by atoms with van der Waals surface area (Å²) in [6, 6.07) is 0. The van der Waals surface area contributed by atoms with Gasteiger partial charge in [0.1, 0.15) is 0 Å². The molecule has 0 bridgehead atoms. The molecule has 0 N–H and O–H groups in total. The minimum Gasteiger partial charge on any atom is -0.346 e. The summed E-state index contributed by atoms with van der Waals surface area (Å²) in [5.74, 6) is 2.20. The molecule has 4 nitrogen and oxygen atoms in total. The van der Waals surface area contributed by atoms with Crippen molar-refractivity contribution >= 4 is 17.7 Å². The van der Waals surface area contributed by atoms with E-state index in [2.05, 4.69) is 0 Å². The first kappa shape index (κ1) is 10.9. The highest BCUT2D eigenvalue weighted by molar-refractivity contribution is 7.99. The van der Waals surface area contributed by atoms with E-state index in [9.17, 15) is 4.79 Å². The summed E-state index contributed by atoms with van der Waals surface area (Å²) < 4.78 is 11.2. The molecule has 1 spiro atoms. The van der Waals surface area contributed by atoms with Gasteiger partial charge >= 0.3 is 0 Å². The Morgan fingerprint density at radius 2 is 2.19 bits per heavy atom. The Bertz CT molecular complexity index is 285. The summed E-state index contributed by atoms with van der Waals surface area (Å²) in [5.41, 5.74) is 0. The van der Waals surface area contributed by atoms with Crippen molar-refractivity contribution in [2.45, 2.75) is 18.6 Å². The van der Waals surface area contributed by atoms with Crippen LogP contribution in [0.2, 0.25) is 0 Å². The first-order valence-electron chi connectivity index (χ1n) is 5.94. The molecule has 3 rings (SSSR count). The zero-order valence-electron chi connectivity index (χ0n) is 9.31. The Morgan fingerprint density at radius 1 is 1.38 bits per heavy atom. The fourth-order valence-corrected chi connectivity index (χ4v) is 3.87. The predicted molar refractivity (Wildman–Crippen MR) is 61.3 cm³/mol. The molecular weight excluding hydrogens is 226 g/mol. The van der Waals surface area contributed by atoms with Crippen molar-refractivity contribution in [1.29, 1.82) is 0 Å². The number of hydrogen-bond donors (Lipinski definition) is 0. The lowest BCUT2D eigenvalue weighted by atomic mass is 10.1. The van der Waals surface area contributed by atoms with Crippen LogP contribution >= 0.6 is 11.8 Å². The molecule has 0 aromatic rings. The average molecular weight is 243 g/mol. The molecule has 0 aromatic heterocycles. The van der Waals surface area contributed by atoms with Gasteiger partial charge in [0.15, 0.2) is 5.79 Å². The summed E-state index contributed by atoms with van der Waals surface area (Å²) >= 11 is 1.88. The van der Waals surface area contributed by atoms with Crippen LogP contribution in [-0.2, 0) is 14.3 Å². The lowest BCUT2D eigenvalue weighted by molar-refractivity contribution is -0.153. The number of rotatable bonds is 1. The molecule has 0 saturated carbocycles. The van der Waals surface area contributed by atoms with Crippen LogP contribution in [0, 0.1) is 5.92 Å². The van der Waals surface area contributed by atoms with Crippen LogP contribution in [0.5, 0.6) is 0 Å². The highest BCUT2D eigenvalue weighted by atomic mass is 32.2. The van der Waals surface area contributed by atoms with E-state index in [1.165, 1.54) is 0 Å². The second-order valence-corrected chi connectivity index (χ2v) is 5.83. The fourth-order valence-electron chi connectivity index (χ4n) is 2.66. The maximum absolute atomic E-state index is 12.2. The van der Waals surface area contributed by atoms with E-state index < -0.39 is 5.79 Å². The molecule has 1 amide bonds. The van der Waals surface area contributed by atoms with Crippen molar-refractivity contribution in [3.63, 3.8) is 0 Å². The number of nitrogens with zero attached hydrogens (tertiary/aromatic N) is 1. The van der Waals surface area contributed by atoms with Crippen LogP contribution < -0.4 is 0 Å². The monoisotopic (exact) mass is 243 g/mol. The van der Waals surface area contributed by atoms with Crippen LogP contribution in [0.3, 0.4) is 0 Å². The van der Waals surface area contributed by atoms with Gasteiger partial charge in [-0.05, 0) is 12.2 Å². The van der Waals surface area contributed by atoms with E-state index >= 15 is 0 Å². The van der Waals surface area contributed by atoms with Crippen LogP contribution in [0.4, 0.5) is 0 Å². The van der Waals surface area contributed by atoms with Crippen molar-refractivity contribution in [2.24, 2.45) is 5.92 Å². The molecule has 1 unspecified atom stereocenters. The largest absolute Gasteiger partial charge is 0.346 e. The third kappa shape index (κ3) is 1.85. The lowest BCUT2D eigenvalue weighted by Crippen LogP contribution is -2.39. The molecule has 3 fully saturated rings. The Morgan fingerprint density at radius 3 is 2.88 bits per heavy atom. The highest BCUT2D eigenvalue weighted by Crippen LogP contribution is 2.33. The minimum absolute atomic E-state index is 0.238. The van der Waals surface area contributed by atoms with E-state index in [4.69, 9.17) is 9.47 Å². The summed E-state index contributed by atoms with van der Waals surface area (Å²) in [6.07, 6.45) is 1.87. The predicted octanol–water partition coefficient (Wildman–Crippen LogP) is 0.715. The Labute approximate surface area is 99.6 Å². The zero-order chi connectivity index (χ0) is 11.0. The molecule has 3 aliphatic rings. The maximum Gasteiger partial charge on any atom is 0.226 e. The number of hydrogen-bond acceptors (Lipinski definition) is 4. The second kappa shape index (κ2) is 4.20. The summed E-state index contributed by atoms with van der Waals surface area (Å²) in [4.78, 5) is 14.1. The van der Waals surface area contributed by atoms with Crippen molar-refractivity contribution < 1.29 is 14.3 Å². The SMILES string of the molecule is O=C(C1CCSC1)N1CCC2(C1)OCCO2. The Balaban J connectivity index is 1.62. The van der Waals surface area contributed by atoms with Crippen molar-refractivity contribution in [3.8, 4) is 0 Å². The van der Waals surface area contributed by atoms with Crippen molar-refractivity contribution in [2.75, 3.05) is 37.8 Å². The molecular formula is C11H17NO3S. The number of likely N-dealkylation sites (tertiary alicyclic amines) is 1. The Kier molecular flexibility index (Phi) is 2.85. The van der Waals surface area contributed by atoms with Gasteiger partial charge in [0.05, 0.1) is 19.8 Å². The molecule has 3 heterocycles. The number of carbonyl (C=O) groups is 1. The molecule has 90 valence electrons. The topological polar surface area (TPSA) is 38.8 Å². The first-order chi connectivity index (χ1) is 7.79.